The molecule has 0 saturated carbocycles. The summed E-state index contributed by atoms with van der Waals surface area (Å²) in [5, 5.41) is 0. The van der Waals surface area contributed by atoms with Crippen LogP contribution in [0.3, 0.4) is 0 Å². The Balaban J connectivity index is 2.86. The predicted molar refractivity (Wildman–Crippen MR) is 72.2 cm³/mol. The molecule has 1 aromatic rings. The van der Waals surface area contributed by atoms with Gasteiger partial charge in [-0.25, -0.2) is 9.59 Å². The van der Waals surface area contributed by atoms with Gasteiger partial charge in [-0.1, -0.05) is 42.5 Å². The quantitative estimate of drug-likeness (QED) is 0.268. The van der Waals surface area contributed by atoms with Crippen LogP contribution in [0.2, 0.25) is 0 Å². The fraction of sp³-hybridized carbons (Fsp3) is 0.200. The maximum Gasteiger partial charge on any atom is 0.345 e. The second-order valence-electron chi connectivity index (χ2n) is 3.56. The Bertz CT molecular complexity index is 486. The molecule has 0 fully saturated rings. The van der Waals surface area contributed by atoms with Crippen LogP contribution in [0.5, 0.6) is 0 Å². The molecule has 100 valence electrons. The van der Waals surface area contributed by atoms with Gasteiger partial charge in [-0.15, -0.1) is 0 Å². The van der Waals surface area contributed by atoms with E-state index in [0.717, 1.165) is 5.56 Å². The third-order valence-corrected chi connectivity index (χ3v) is 2.25. The molecule has 0 aliphatic rings. The first-order valence-electron chi connectivity index (χ1n) is 5.88. The van der Waals surface area contributed by atoms with E-state index in [9.17, 15) is 9.59 Å². The molecule has 0 saturated heterocycles. The predicted octanol–water partition coefficient (Wildman–Crippen LogP) is 2.36. The zero-order chi connectivity index (χ0) is 14.1. The summed E-state index contributed by atoms with van der Waals surface area (Å²) in [6.07, 6.45) is 4.78. The van der Waals surface area contributed by atoms with Crippen LogP contribution in [0.4, 0.5) is 0 Å². The third kappa shape index (κ3) is 4.79. The van der Waals surface area contributed by atoms with E-state index in [0.29, 0.717) is 0 Å². The molecular formula is C15H16O4. The standard InChI is InChI=1S/C15H16O4/c1-3-19-15(17)13(14(16)18-2)11-7-10-12-8-5-4-6-9-12/h4-11H,3H2,1-2H3/b10-7+,13-11-. The van der Waals surface area contributed by atoms with Gasteiger partial charge < -0.3 is 9.47 Å². The van der Waals surface area contributed by atoms with Crippen LogP contribution in [0.25, 0.3) is 6.08 Å². The minimum absolute atomic E-state index is 0.128. The van der Waals surface area contributed by atoms with E-state index in [1.54, 1.807) is 19.1 Å². The van der Waals surface area contributed by atoms with Crippen LogP contribution in [-0.2, 0) is 19.1 Å². The van der Waals surface area contributed by atoms with E-state index in [4.69, 9.17) is 4.74 Å². The smallest absolute Gasteiger partial charge is 0.345 e. The Kier molecular flexibility index (Phi) is 6.09. The fourth-order valence-corrected chi connectivity index (χ4v) is 1.36. The number of esters is 2. The highest BCUT2D eigenvalue weighted by atomic mass is 16.5. The summed E-state index contributed by atoms with van der Waals surface area (Å²) >= 11 is 0. The fourth-order valence-electron chi connectivity index (χ4n) is 1.36. The maximum absolute atomic E-state index is 11.6. The number of carbonyl (C=O) groups excluding carboxylic acids is 2. The minimum Gasteiger partial charge on any atom is -0.465 e. The van der Waals surface area contributed by atoms with Crippen molar-refractivity contribution in [2.24, 2.45) is 0 Å². The number of hydrogen-bond donors (Lipinski definition) is 0. The molecule has 0 amide bonds. The molecule has 0 spiro atoms. The maximum atomic E-state index is 11.6. The lowest BCUT2D eigenvalue weighted by molar-refractivity contribution is -0.145. The van der Waals surface area contributed by atoms with Crippen molar-refractivity contribution >= 4 is 18.0 Å². The van der Waals surface area contributed by atoms with Gasteiger partial charge in [0.25, 0.3) is 0 Å². The number of hydrogen-bond acceptors (Lipinski definition) is 4. The van der Waals surface area contributed by atoms with Crippen molar-refractivity contribution in [1.82, 2.24) is 0 Å². The lowest BCUT2D eigenvalue weighted by atomic mass is 10.2. The average Bonchev–Trinajstić information content (AvgIpc) is 2.44. The summed E-state index contributed by atoms with van der Waals surface area (Å²) in [6, 6.07) is 9.52. The van der Waals surface area contributed by atoms with Crippen molar-refractivity contribution in [3.8, 4) is 0 Å². The van der Waals surface area contributed by atoms with Gasteiger partial charge in [0.15, 0.2) is 0 Å². The minimum atomic E-state index is -0.712. The van der Waals surface area contributed by atoms with Gasteiger partial charge in [-0.05, 0) is 18.6 Å². The Morgan fingerprint density at radius 1 is 1.16 bits per heavy atom. The van der Waals surface area contributed by atoms with Crippen molar-refractivity contribution < 1.29 is 19.1 Å². The Labute approximate surface area is 112 Å². The third-order valence-electron chi connectivity index (χ3n) is 2.25. The van der Waals surface area contributed by atoms with Crippen LogP contribution >= 0.6 is 0 Å². The summed E-state index contributed by atoms with van der Waals surface area (Å²) in [5.41, 5.74) is 0.836. The highest BCUT2D eigenvalue weighted by molar-refractivity contribution is 6.14. The van der Waals surface area contributed by atoms with Crippen molar-refractivity contribution in [2.75, 3.05) is 13.7 Å². The van der Waals surface area contributed by atoms with Gasteiger partial charge >= 0.3 is 11.9 Å². The van der Waals surface area contributed by atoms with Gasteiger partial charge in [0.05, 0.1) is 13.7 Å². The normalized spacial score (nSPS) is 11.4. The number of benzene rings is 1. The molecule has 1 aromatic carbocycles. The van der Waals surface area contributed by atoms with E-state index in [1.165, 1.54) is 13.2 Å². The number of ether oxygens (including phenoxy) is 2. The summed E-state index contributed by atoms with van der Waals surface area (Å²) in [4.78, 5) is 23.0. The molecular weight excluding hydrogens is 244 g/mol. The molecule has 0 heterocycles. The summed E-state index contributed by atoms with van der Waals surface area (Å²) in [5.74, 6) is -1.40. The van der Waals surface area contributed by atoms with Crippen molar-refractivity contribution in [2.45, 2.75) is 6.92 Å². The van der Waals surface area contributed by atoms with Crippen molar-refractivity contribution in [1.29, 1.82) is 0 Å². The first kappa shape index (κ1) is 14.7. The van der Waals surface area contributed by atoms with Crippen molar-refractivity contribution in [3.05, 3.63) is 53.6 Å². The van der Waals surface area contributed by atoms with E-state index < -0.39 is 11.9 Å². The van der Waals surface area contributed by atoms with Crippen LogP contribution in [0.1, 0.15) is 12.5 Å². The molecule has 0 unspecified atom stereocenters. The van der Waals surface area contributed by atoms with E-state index in [-0.39, 0.29) is 12.2 Å². The molecule has 0 atom stereocenters. The molecule has 0 radical (unpaired) electrons. The Hall–Kier alpha value is -2.36. The van der Waals surface area contributed by atoms with E-state index >= 15 is 0 Å². The highest BCUT2D eigenvalue weighted by Crippen LogP contribution is 2.05. The van der Waals surface area contributed by atoms with Gasteiger partial charge in [0.2, 0.25) is 0 Å². The zero-order valence-electron chi connectivity index (χ0n) is 11.0. The average molecular weight is 260 g/mol. The monoisotopic (exact) mass is 260 g/mol. The zero-order valence-corrected chi connectivity index (χ0v) is 11.0. The van der Waals surface area contributed by atoms with Gasteiger partial charge in [0.1, 0.15) is 5.57 Å². The van der Waals surface area contributed by atoms with Crippen LogP contribution < -0.4 is 0 Å². The second-order valence-corrected chi connectivity index (χ2v) is 3.56. The molecule has 1 rings (SSSR count). The number of allylic oxidation sites excluding steroid dienone is 2. The SMILES string of the molecule is CCOC(=O)/C(=C\C=C\c1ccccc1)C(=O)OC. The van der Waals surface area contributed by atoms with Crippen LogP contribution in [0, 0.1) is 0 Å². The first-order chi connectivity index (χ1) is 9.19. The summed E-state index contributed by atoms with van der Waals surface area (Å²) < 4.78 is 9.33. The topological polar surface area (TPSA) is 52.6 Å². The number of carbonyl (C=O) groups is 2. The van der Waals surface area contributed by atoms with Crippen molar-refractivity contribution in [3.63, 3.8) is 0 Å². The lowest BCUT2D eigenvalue weighted by Gasteiger charge is -2.03. The van der Waals surface area contributed by atoms with Gasteiger partial charge in [-0.2, -0.15) is 0 Å². The molecule has 0 aromatic heterocycles. The van der Waals surface area contributed by atoms with Crippen LogP contribution in [-0.4, -0.2) is 25.7 Å². The molecule has 0 bridgehead atoms. The number of methoxy groups -OCH3 is 1. The van der Waals surface area contributed by atoms with E-state index in [2.05, 4.69) is 4.74 Å². The van der Waals surface area contributed by atoms with E-state index in [1.807, 2.05) is 30.3 Å². The lowest BCUT2D eigenvalue weighted by Crippen LogP contribution is -2.16. The summed E-state index contributed by atoms with van der Waals surface area (Å²) in [7, 11) is 1.22. The van der Waals surface area contributed by atoms with Gasteiger partial charge in [0, 0.05) is 0 Å². The molecule has 4 nitrogen and oxygen atoms in total. The summed E-state index contributed by atoms with van der Waals surface area (Å²) in [6.45, 7) is 1.88. The Morgan fingerprint density at radius 2 is 1.84 bits per heavy atom. The molecule has 0 aliphatic carbocycles. The van der Waals surface area contributed by atoms with Gasteiger partial charge in [-0.3, -0.25) is 0 Å². The highest BCUT2D eigenvalue weighted by Gasteiger charge is 2.18. The van der Waals surface area contributed by atoms with Crippen LogP contribution in [0.15, 0.2) is 48.1 Å². The second kappa shape index (κ2) is 7.87. The Morgan fingerprint density at radius 3 is 2.42 bits per heavy atom. The molecule has 19 heavy (non-hydrogen) atoms. The molecule has 0 aliphatic heterocycles. The number of rotatable bonds is 5. The first-order valence-corrected chi connectivity index (χ1v) is 5.88. The largest absolute Gasteiger partial charge is 0.465 e. The molecule has 4 heteroatoms. The molecule has 0 N–H and O–H groups in total.